The molecule has 19 heavy (non-hydrogen) atoms. The molecule has 7 nitrogen and oxygen atoms in total. The highest BCUT2D eigenvalue weighted by atomic mass is 32.2. The highest BCUT2D eigenvalue weighted by Crippen LogP contribution is 2.18. The molecular formula is C11H12N4O3S. The SMILES string of the molecule is Cc1cc(NC(=O)c2cn[nH]c2)ccc1S(N)(=O)=O. The van der Waals surface area contributed by atoms with Crippen molar-refractivity contribution in [2.45, 2.75) is 11.8 Å². The number of H-pyrrole nitrogens is 1. The van der Waals surface area contributed by atoms with Crippen molar-refractivity contribution in [3.63, 3.8) is 0 Å². The van der Waals surface area contributed by atoms with Gasteiger partial charge in [-0.3, -0.25) is 9.89 Å². The zero-order chi connectivity index (χ0) is 14.0. The van der Waals surface area contributed by atoms with Crippen LogP contribution in [0.5, 0.6) is 0 Å². The van der Waals surface area contributed by atoms with Gasteiger partial charge in [0.25, 0.3) is 5.91 Å². The number of nitrogens with two attached hydrogens (primary N) is 1. The molecule has 100 valence electrons. The number of aryl methyl sites for hydroxylation is 1. The van der Waals surface area contributed by atoms with E-state index in [1.165, 1.54) is 30.6 Å². The molecule has 0 aliphatic heterocycles. The summed E-state index contributed by atoms with van der Waals surface area (Å²) >= 11 is 0. The third-order valence-electron chi connectivity index (χ3n) is 2.50. The number of amides is 1. The maximum Gasteiger partial charge on any atom is 0.258 e. The van der Waals surface area contributed by atoms with E-state index in [2.05, 4.69) is 15.5 Å². The quantitative estimate of drug-likeness (QED) is 0.763. The summed E-state index contributed by atoms with van der Waals surface area (Å²) in [5, 5.41) is 13.9. The van der Waals surface area contributed by atoms with E-state index in [0.717, 1.165) is 0 Å². The Morgan fingerprint density at radius 3 is 2.68 bits per heavy atom. The Morgan fingerprint density at radius 2 is 2.16 bits per heavy atom. The molecule has 1 aromatic carbocycles. The molecular weight excluding hydrogens is 268 g/mol. The van der Waals surface area contributed by atoms with E-state index in [9.17, 15) is 13.2 Å². The molecule has 0 unspecified atom stereocenters. The van der Waals surface area contributed by atoms with Gasteiger partial charge < -0.3 is 5.32 Å². The zero-order valence-corrected chi connectivity index (χ0v) is 10.9. The largest absolute Gasteiger partial charge is 0.322 e. The number of hydrogen-bond acceptors (Lipinski definition) is 4. The number of carbonyl (C=O) groups is 1. The molecule has 0 aliphatic carbocycles. The average Bonchev–Trinajstić information content (AvgIpc) is 2.80. The summed E-state index contributed by atoms with van der Waals surface area (Å²) in [5.74, 6) is -0.337. The number of sulfonamides is 1. The zero-order valence-electron chi connectivity index (χ0n) is 10.0. The maximum atomic E-state index is 11.8. The summed E-state index contributed by atoms with van der Waals surface area (Å²) in [6, 6.07) is 4.37. The topological polar surface area (TPSA) is 118 Å². The van der Waals surface area contributed by atoms with Gasteiger partial charge in [0.1, 0.15) is 0 Å². The molecule has 1 heterocycles. The summed E-state index contributed by atoms with van der Waals surface area (Å²) in [5.41, 5.74) is 1.33. The van der Waals surface area contributed by atoms with Crippen molar-refractivity contribution in [3.8, 4) is 0 Å². The first kappa shape index (κ1) is 13.2. The molecule has 1 aromatic heterocycles. The van der Waals surface area contributed by atoms with Crippen LogP contribution in [0.15, 0.2) is 35.5 Å². The van der Waals surface area contributed by atoms with Crippen molar-refractivity contribution in [1.29, 1.82) is 0 Å². The molecule has 2 aromatic rings. The summed E-state index contributed by atoms with van der Waals surface area (Å²) < 4.78 is 22.5. The number of nitrogens with zero attached hydrogens (tertiary/aromatic N) is 1. The number of aromatic nitrogens is 2. The molecule has 0 atom stereocenters. The van der Waals surface area contributed by atoms with Crippen molar-refractivity contribution in [1.82, 2.24) is 10.2 Å². The summed E-state index contributed by atoms with van der Waals surface area (Å²) in [4.78, 5) is 11.8. The van der Waals surface area contributed by atoms with Crippen LogP contribution in [-0.4, -0.2) is 24.5 Å². The highest BCUT2D eigenvalue weighted by Gasteiger charge is 2.13. The fourth-order valence-electron chi connectivity index (χ4n) is 1.62. The van der Waals surface area contributed by atoms with Crippen LogP contribution in [0.4, 0.5) is 5.69 Å². The Labute approximate surface area is 109 Å². The van der Waals surface area contributed by atoms with Gasteiger partial charge in [0, 0.05) is 11.9 Å². The Balaban J connectivity index is 2.24. The van der Waals surface area contributed by atoms with E-state index in [1.807, 2.05) is 0 Å². The van der Waals surface area contributed by atoms with E-state index in [1.54, 1.807) is 6.92 Å². The van der Waals surface area contributed by atoms with Gasteiger partial charge in [-0.1, -0.05) is 0 Å². The van der Waals surface area contributed by atoms with Crippen LogP contribution in [0.2, 0.25) is 0 Å². The number of hydrogen-bond donors (Lipinski definition) is 3. The van der Waals surface area contributed by atoms with E-state index in [4.69, 9.17) is 5.14 Å². The Kier molecular flexibility index (Phi) is 3.36. The molecule has 8 heteroatoms. The van der Waals surface area contributed by atoms with Crippen LogP contribution in [0, 0.1) is 6.92 Å². The van der Waals surface area contributed by atoms with Crippen molar-refractivity contribution in [3.05, 3.63) is 41.7 Å². The van der Waals surface area contributed by atoms with Crippen LogP contribution < -0.4 is 10.5 Å². The van der Waals surface area contributed by atoms with E-state index >= 15 is 0 Å². The number of carbonyl (C=O) groups excluding carboxylic acids is 1. The number of primary sulfonamides is 1. The molecule has 0 fully saturated rings. The van der Waals surface area contributed by atoms with Gasteiger partial charge in [0.2, 0.25) is 10.0 Å². The normalized spacial score (nSPS) is 11.3. The van der Waals surface area contributed by atoms with E-state index < -0.39 is 10.0 Å². The van der Waals surface area contributed by atoms with E-state index in [0.29, 0.717) is 16.8 Å². The lowest BCUT2D eigenvalue weighted by Gasteiger charge is -2.07. The molecule has 0 radical (unpaired) electrons. The van der Waals surface area contributed by atoms with Crippen molar-refractivity contribution in [2.24, 2.45) is 5.14 Å². The smallest absolute Gasteiger partial charge is 0.258 e. The van der Waals surface area contributed by atoms with Crippen LogP contribution in [0.1, 0.15) is 15.9 Å². The van der Waals surface area contributed by atoms with Crippen LogP contribution >= 0.6 is 0 Å². The Hall–Kier alpha value is -2.19. The van der Waals surface area contributed by atoms with Gasteiger partial charge in [0.05, 0.1) is 16.7 Å². The second kappa shape index (κ2) is 4.82. The second-order valence-corrected chi connectivity index (χ2v) is 5.50. The molecule has 1 amide bonds. The van der Waals surface area contributed by atoms with Gasteiger partial charge in [-0.15, -0.1) is 0 Å². The van der Waals surface area contributed by atoms with Crippen LogP contribution in [-0.2, 0) is 10.0 Å². The van der Waals surface area contributed by atoms with Gasteiger partial charge in [0.15, 0.2) is 0 Å². The van der Waals surface area contributed by atoms with E-state index in [-0.39, 0.29) is 10.8 Å². The predicted molar refractivity (Wildman–Crippen MR) is 69.1 cm³/mol. The van der Waals surface area contributed by atoms with Crippen molar-refractivity contribution in [2.75, 3.05) is 5.32 Å². The molecule has 2 rings (SSSR count). The first-order chi connectivity index (χ1) is 8.88. The third kappa shape index (κ3) is 2.98. The van der Waals surface area contributed by atoms with Crippen LogP contribution in [0.3, 0.4) is 0 Å². The monoisotopic (exact) mass is 280 g/mol. The third-order valence-corrected chi connectivity index (χ3v) is 3.57. The number of anilines is 1. The standard InChI is InChI=1S/C11H12N4O3S/c1-7-4-9(2-3-10(7)19(12,17)18)15-11(16)8-5-13-14-6-8/h2-6H,1H3,(H,13,14)(H,15,16)(H2,12,17,18). The second-order valence-electron chi connectivity index (χ2n) is 3.97. The minimum atomic E-state index is -3.75. The Bertz CT molecular complexity index is 708. The lowest BCUT2D eigenvalue weighted by Crippen LogP contribution is -2.15. The molecule has 0 aliphatic rings. The number of aromatic amines is 1. The van der Waals surface area contributed by atoms with Gasteiger partial charge in [-0.05, 0) is 30.7 Å². The maximum absolute atomic E-state index is 11.8. The lowest BCUT2D eigenvalue weighted by atomic mass is 10.2. The fourth-order valence-corrected chi connectivity index (χ4v) is 2.39. The first-order valence-corrected chi connectivity index (χ1v) is 6.86. The minimum Gasteiger partial charge on any atom is -0.322 e. The predicted octanol–water partition coefficient (Wildman–Crippen LogP) is 0.618. The number of rotatable bonds is 3. The number of nitrogens with one attached hydrogen (secondary N) is 2. The summed E-state index contributed by atoms with van der Waals surface area (Å²) in [7, 11) is -3.75. The molecule has 0 bridgehead atoms. The molecule has 0 saturated carbocycles. The number of benzene rings is 1. The minimum absolute atomic E-state index is 0.0359. The first-order valence-electron chi connectivity index (χ1n) is 5.31. The lowest BCUT2D eigenvalue weighted by molar-refractivity contribution is 0.102. The van der Waals surface area contributed by atoms with Gasteiger partial charge >= 0.3 is 0 Å². The molecule has 0 spiro atoms. The highest BCUT2D eigenvalue weighted by molar-refractivity contribution is 7.89. The molecule has 0 saturated heterocycles. The fraction of sp³-hybridized carbons (Fsp3) is 0.0909. The van der Waals surface area contributed by atoms with Gasteiger partial charge in [-0.2, -0.15) is 5.10 Å². The average molecular weight is 280 g/mol. The van der Waals surface area contributed by atoms with Crippen LogP contribution in [0.25, 0.3) is 0 Å². The van der Waals surface area contributed by atoms with Crippen molar-refractivity contribution >= 4 is 21.6 Å². The summed E-state index contributed by atoms with van der Waals surface area (Å²) in [6.45, 7) is 1.60. The van der Waals surface area contributed by atoms with Crippen molar-refractivity contribution < 1.29 is 13.2 Å². The molecule has 4 N–H and O–H groups in total. The Morgan fingerprint density at radius 1 is 1.42 bits per heavy atom. The van der Waals surface area contributed by atoms with Gasteiger partial charge in [-0.25, -0.2) is 13.6 Å². The summed E-state index contributed by atoms with van der Waals surface area (Å²) in [6.07, 6.45) is 2.85.